The molecule has 0 rings (SSSR count). The number of aliphatic carboxylic acids is 1. The van der Waals surface area contributed by atoms with Gasteiger partial charge in [0.1, 0.15) is 6.61 Å². The molecule has 0 radical (unpaired) electrons. The fourth-order valence-corrected chi connectivity index (χ4v) is 0.643. The van der Waals surface area contributed by atoms with Crippen LogP contribution in [0, 0.1) is 0 Å². The normalized spacial score (nSPS) is 8.92. The highest BCUT2D eigenvalue weighted by atomic mass is 32.2. The van der Waals surface area contributed by atoms with E-state index in [0.717, 1.165) is 5.37 Å². The van der Waals surface area contributed by atoms with Gasteiger partial charge in [-0.3, -0.25) is 9.59 Å². The van der Waals surface area contributed by atoms with Gasteiger partial charge >= 0.3 is 11.9 Å². The van der Waals surface area contributed by atoms with E-state index in [1.807, 2.05) is 0 Å². The average Bonchev–Trinajstić information content (AvgIpc) is 2.00. The number of ether oxygens (including phenoxy) is 1. The van der Waals surface area contributed by atoms with Crippen molar-refractivity contribution in [3.8, 4) is 0 Å². The van der Waals surface area contributed by atoms with Crippen molar-refractivity contribution >= 4 is 27.6 Å². The molecule has 0 saturated carbocycles. The zero-order valence-electron chi connectivity index (χ0n) is 6.60. The van der Waals surface area contributed by atoms with E-state index in [-0.39, 0.29) is 19.4 Å². The van der Waals surface area contributed by atoms with E-state index in [9.17, 15) is 18.0 Å². The van der Waals surface area contributed by atoms with Crippen molar-refractivity contribution in [2.45, 2.75) is 12.8 Å². The summed E-state index contributed by atoms with van der Waals surface area (Å²) in [6, 6.07) is 0. The van der Waals surface area contributed by atoms with Crippen molar-refractivity contribution in [1.29, 1.82) is 0 Å². The maximum absolute atomic E-state index is 10.6. The van der Waals surface area contributed by atoms with Gasteiger partial charge in [-0.1, -0.05) is 0 Å². The number of carbonyl (C=O) groups is 2. The molecule has 0 heterocycles. The monoisotopic (exact) mass is 208 g/mol. The summed E-state index contributed by atoms with van der Waals surface area (Å²) in [5.41, 5.74) is 0. The van der Waals surface area contributed by atoms with Crippen molar-refractivity contribution in [2.75, 3.05) is 6.61 Å². The number of carboxylic acid groups (broad SMARTS) is 1. The van der Waals surface area contributed by atoms with Crippen molar-refractivity contribution in [2.24, 2.45) is 0 Å². The lowest BCUT2D eigenvalue weighted by Gasteiger charge is -1.97. The second-order valence-electron chi connectivity index (χ2n) is 2.00. The molecule has 0 fully saturated rings. The van der Waals surface area contributed by atoms with Gasteiger partial charge in [0.15, 0.2) is 0 Å². The smallest absolute Gasteiger partial charge is 0.306 e. The fraction of sp³-hybridized carbons (Fsp3) is 0.500. The maximum Gasteiger partial charge on any atom is 0.306 e. The molecule has 0 atom stereocenters. The Labute approximate surface area is 75.7 Å². The molecule has 0 spiro atoms. The van der Waals surface area contributed by atoms with Crippen LogP contribution in [0.15, 0.2) is 0 Å². The molecule has 0 aliphatic heterocycles. The van der Waals surface area contributed by atoms with Gasteiger partial charge in [0, 0.05) is 0 Å². The number of esters is 1. The molecule has 0 amide bonds. The lowest BCUT2D eigenvalue weighted by molar-refractivity contribution is -0.146. The van der Waals surface area contributed by atoms with Gasteiger partial charge in [-0.2, -0.15) is 8.42 Å². The largest absolute Gasteiger partial charge is 0.481 e. The Morgan fingerprint density at radius 1 is 1.31 bits per heavy atom. The van der Waals surface area contributed by atoms with Gasteiger partial charge < -0.3 is 9.84 Å². The van der Waals surface area contributed by atoms with Crippen LogP contribution < -0.4 is 0 Å². The summed E-state index contributed by atoms with van der Waals surface area (Å²) >= 11 is 0. The van der Waals surface area contributed by atoms with Crippen molar-refractivity contribution in [1.82, 2.24) is 0 Å². The molecular formula is C6H8O6S. The first-order valence-corrected chi connectivity index (χ1v) is 4.45. The Balaban J connectivity index is 3.64. The van der Waals surface area contributed by atoms with E-state index in [2.05, 4.69) is 4.74 Å². The first-order valence-electron chi connectivity index (χ1n) is 3.31. The van der Waals surface area contributed by atoms with E-state index in [0.29, 0.717) is 0 Å². The Morgan fingerprint density at radius 2 is 1.92 bits per heavy atom. The number of hydrogen-bond acceptors (Lipinski definition) is 5. The highest BCUT2D eigenvalue weighted by molar-refractivity contribution is 7.71. The van der Waals surface area contributed by atoms with Crippen molar-refractivity contribution < 1.29 is 27.9 Å². The molecule has 0 aromatic rings. The van der Waals surface area contributed by atoms with Crippen LogP contribution in [0.4, 0.5) is 0 Å². The van der Waals surface area contributed by atoms with Gasteiger partial charge in [0.05, 0.1) is 18.2 Å². The second-order valence-corrected chi connectivity index (χ2v) is 2.86. The first kappa shape index (κ1) is 11.6. The van der Waals surface area contributed by atoms with Crippen molar-refractivity contribution in [3.05, 3.63) is 0 Å². The first-order chi connectivity index (χ1) is 6.02. The maximum atomic E-state index is 10.6. The van der Waals surface area contributed by atoms with Crippen molar-refractivity contribution in [3.63, 3.8) is 0 Å². The van der Waals surface area contributed by atoms with Crippen LogP contribution in [0.1, 0.15) is 12.8 Å². The Hall–Kier alpha value is -1.37. The van der Waals surface area contributed by atoms with E-state index >= 15 is 0 Å². The van der Waals surface area contributed by atoms with Crippen LogP contribution in [0.5, 0.6) is 0 Å². The minimum Gasteiger partial charge on any atom is -0.481 e. The minimum absolute atomic E-state index is 0.255. The summed E-state index contributed by atoms with van der Waals surface area (Å²) in [6.07, 6.45) is -0.575. The summed E-state index contributed by atoms with van der Waals surface area (Å²) < 4.78 is 24.2. The third kappa shape index (κ3) is 8.54. The summed E-state index contributed by atoms with van der Waals surface area (Å²) in [6.45, 7) is -0.353. The molecule has 6 nitrogen and oxygen atoms in total. The zero-order valence-corrected chi connectivity index (χ0v) is 7.41. The van der Waals surface area contributed by atoms with Crippen LogP contribution in [-0.2, 0) is 24.6 Å². The SMILES string of the molecule is O=C(O)CCC(=O)OCC=S(=O)=O. The predicted molar refractivity (Wildman–Crippen MR) is 42.8 cm³/mol. The average molecular weight is 208 g/mol. The van der Waals surface area contributed by atoms with Gasteiger partial charge in [0.2, 0.25) is 10.3 Å². The molecule has 7 heteroatoms. The van der Waals surface area contributed by atoms with Crippen LogP contribution in [-0.4, -0.2) is 37.4 Å². The summed E-state index contributed by atoms with van der Waals surface area (Å²) in [4.78, 5) is 20.6. The standard InChI is InChI=1S/C6H8O6S/c7-5(8)1-2-6(9)12-3-4-13(10)11/h4H,1-3H2,(H,7,8). The molecule has 13 heavy (non-hydrogen) atoms. The van der Waals surface area contributed by atoms with E-state index in [1.54, 1.807) is 0 Å². The number of hydrogen-bond donors (Lipinski definition) is 1. The number of rotatable bonds is 5. The van der Waals surface area contributed by atoms with Gasteiger partial charge in [-0.05, 0) is 0 Å². The third-order valence-electron chi connectivity index (χ3n) is 0.991. The van der Waals surface area contributed by atoms with Gasteiger partial charge in [-0.25, -0.2) is 0 Å². The van der Waals surface area contributed by atoms with Gasteiger partial charge in [-0.15, -0.1) is 0 Å². The molecule has 0 unspecified atom stereocenters. The van der Waals surface area contributed by atoms with Crippen LogP contribution >= 0.6 is 0 Å². The van der Waals surface area contributed by atoms with E-state index in [1.165, 1.54) is 0 Å². The van der Waals surface area contributed by atoms with Gasteiger partial charge in [0.25, 0.3) is 0 Å². The van der Waals surface area contributed by atoms with E-state index in [4.69, 9.17) is 5.11 Å². The number of carbonyl (C=O) groups excluding carboxylic acids is 1. The molecule has 0 aliphatic rings. The summed E-state index contributed by atoms with van der Waals surface area (Å²) in [5.74, 6) is -1.84. The Bertz CT molecular complexity index is 306. The summed E-state index contributed by atoms with van der Waals surface area (Å²) in [5, 5.41) is 8.92. The third-order valence-corrected chi connectivity index (χ3v) is 1.40. The predicted octanol–water partition coefficient (Wildman–Crippen LogP) is -0.924. The molecule has 0 saturated heterocycles. The fourth-order valence-electron chi connectivity index (χ4n) is 0.464. The molecule has 0 aromatic heterocycles. The number of carboxylic acids is 1. The van der Waals surface area contributed by atoms with Crippen LogP contribution in [0.3, 0.4) is 0 Å². The molecule has 0 aliphatic carbocycles. The molecule has 0 bridgehead atoms. The topological polar surface area (TPSA) is 97.7 Å². The molecule has 1 N–H and O–H groups in total. The van der Waals surface area contributed by atoms with Crippen LogP contribution in [0.2, 0.25) is 0 Å². The Kier molecular flexibility index (Phi) is 5.53. The second kappa shape index (κ2) is 6.18. The molecule has 74 valence electrons. The Morgan fingerprint density at radius 3 is 2.38 bits per heavy atom. The van der Waals surface area contributed by atoms with E-state index < -0.39 is 22.2 Å². The quantitative estimate of drug-likeness (QED) is 0.463. The lowest BCUT2D eigenvalue weighted by atomic mass is 10.3. The summed E-state index contributed by atoms with van der Waals surface area (Å²) in [7, 11) is -2.36. The highest BCUT2D eigenvalue weighted by Crippen LogP contribution is 1.91. The molecular weight excluding hydrogens is 200 g/mol. The lowest BCUT2D eigenvalue weighted by Crippen LogP contribution is -2.09. The van der Waals surface area contributed by atoms with Crippen LogP contribution in [0.25, 0.3) is 0 Å². The highest BCUT2D eigenvalue weighted by Gasteiger charge is 2.05. The zero-order chi connectivity index (χ0) is 10.3. The molecule has 0 aromatic carbocycles. The minimum atomic E-state index is -2.36.